The zero-order valence-corrected chi connectivity index (χ0v) is 27.0. The lowest BCUT2D eigenvalue weighted by Gasteiger charge is -2.35. The highest BCUT2D eigenvalue weighted by Crippen LogP contribution is 2.57. The van der Waals surface area contributed by atoms with Crippen molar-refractivity contribution in [2.45, 2.75) is 24.7 Å². The predicted molar refractivity (Wildman–Crippen MR) is 196 cm³/mol. The van der Waals surface area contributed by atoms with Crippen LogP contribution in [0.2, 0.25) is 0 Å². The van der Waals surface area contributed by atoms with Crippen LogP contribution in [0.5, 0.6) is 0 Å². The van der Waals surface area contributed by atoms with E-state index in [9.17, 15) is 4.39 Å². The lowest BCUT2D eigenvalue weighted by Crippen LogP contribution is -2.28. The van der Waals surface area contributed by atoms with Crippen LogP contribution < -0.4 is 4.90 Å². The Bertz CT molecular complexity index is 2280. The van der Waals surface area contributed by atoms with E-state index < -0.39 is 5.41 Å². The maximum absolute atomic E-state index is 14.4. The third-order valence-electron chi connectivity index (χ3n) is 10.6. The highest BCUT2D eigenvalue weighted by Gasteiger charge is 2.46. The lowest BCUT2D eigenvalue weighted by atomic mass is 9.67. The fraction of sp³-hybridized carbons (Fsp3) is 0.0870. The first-order chi connectivity index (χ1) is 23.5. The van der Waals surface area contributed by atoms with Crippen molar-refractivity contribution in [1.29, 1.82) is 0 Å². The third-order valence-corrected chi connectivity index (χ3v) is 10.6. The van der Waals surface area contributed by atoms with Crippen molar-refractivity contribution < 1.29 is 4.39 Å². The van der Waals surface area contributed by atoms with Gasteiger partial charge in [0.05, 0.1) is 5.41 Å². The fourth-order valence-electron chi connectivity index (χ4n) is 8.44. The van der Waals surface area contributed by atoms with E-state index >= 15 is 0 Å². The summed E-state index contributed by atoms with van der Waals surface area (Å²) < 4.78 is 14.4. The number of fused-ring (bicyclic) bond motifs is 6. The van der Waals surface area contributed by atoms with Gasteiger partial charge in [0, 0.05) is 22.5 Å². The van der Waals surface area contributed by atoms with Gasteiger partial charge in [-0.1, -0.05) is 135 Å². The zero-order chi connectivity index (χ0) is 32.5. The molecule has 0 saturated heterocycles. The summed E-state index contributed by atoms with van der Waals surface area (Å²) in [6, 6.07) is 59.8. The summed E-state index contributed by atoms with van der Waals surface area (Å²) in [5.74, 6) is -0.249. The maximum atomic E-state index is 14.4. The van der Waals surface area contributed by atoms with E-state index in [4.69, 9.17) is 0 Å². The van der Waals surface area contributed by atoms with Crippen molar-refractivity contribution >= 4 is 17.1 Å². The van der Waals surface area contributed by atoms with Gasteiger partial charge < -0.3 is 4.90 Å². The zero-order valence-electron chi connectivity index (χ0n) is 27.0. The van der Waals surface area contributed by atoms with Gasteiger partial charge in [-0.15, -0.1) is 0 Å². The van der Waals surface area contributed by atoms with E-state index in [1.807, 2.05) is 12.1 Å². The summed E-state index contributed by atoms with van der Waals surface area (Å²) in [6.07, 6.45) is 0. The Morgan fingerprint density at radius 3 is 1.44 bits per heavy atom. The molecule has 0 saturated carbocycles. The van der Waals surface area contributed by atoms with Crippen LogP contribution in [0, 0.1) is 5.82 Å². The van der Waals surface area contributed by atoms with E-state index in [2.05, 4.69) is 164 Å². The maximum Gasteiger partial charge on any atom is 0.123 e. The summed E-state index contributed by atoms with van der Waals surface area (Å²) in [4.78, 5) is 2.28. The van der Waals surface area contributed by atoms with E-state index in [1.165, 1.54) is 55.6 Å². The molecular weight excluding hydrogens is 586 g/mol. The fourth-order valence-corrected chi connectivity index (χ4v) is 8.44. The Labute approximate surface area is 281 Å². The molecule has 0 radical (unpaired) electrons. The summed E-state index contributed by atoms with van der Waals surface area (Å²) in [6.45, 7) is 4.62. The van der Waals surface area contributed by atoms with Crippen LogP contribution in [0.25, 0.3) is 22.3 Å². The second-order valence-corrected chi connectivity index (χ2v) is 13.5. The molecular formula is C46H34FN. The molecule has 0 fully saturated rings. The van der Waals surface area contributed by atoms with Gasteiger partial charge in [0.25, 0.3) is 0 Å². The number of nitrogens with zero attached hydrogens (tertiary/aromatic N) is 1. The van der Waals surface area contributed by atoms with Crippen molar-refractivity contribution in [2.75, 3.05) is 4.90 Å². The molecule has 2 heteroatoms. The molecule has 0 atom stereocenters. The van der Waals surface area contributed by atoms with Gasteiger partial charge in [-0.25, -0.2) is 4.39 Å². The minimum Gasteiger partial charge on any atom is -0.310 e. The molecule has 2 aliphatic carbocycles. The largest absolute Gasteiger partial charge is 0.310 e. The third kappa shape index (κ3) is 4.02. The quantitative estimate of drug-likeness (QED) is 0.185. The minimum absolute atomic E-state index is 0.147. The van der Waals surface area contributed by atoms with Gasteiger partial charge >= 0.3 is 0 Å². The smallest absolute Gasteiger partial charge is 0.123 e. The molecule has 0 aromatic heterocycles. The standard InChI is InChI=1S/C46H34FN/c1-45(2)41-19-11-9-17-37(41)39-27-25-35(29-43(39)45)48(34-23-21-33(47)22-24-34)36-26-28-40-38-18-10-12-20-42(38)46(44(40)30-36,31-13-5-3-6-14-31)32-15-7-4-8-16-32/h3-30H,1-2H3. The highest BCUT2D eigenvalue weighted by atomic mass is 19.1. The molecule has 0 heterocycles. The Morgan fingerprint density at radius 2 is 0.833 bits per heavy atom. The second kappa shape index (κ2) is 10.7. The van der Waals surface area contributed by atoms with Crippen LogP contribution >= 0.6 is 0 Å². The van der Waals surface area contributed by atoms with E-state index in [1.54, 1.807) is 12.1 Å². The summed E-state index contributed by atoms with van der Waals surface area (Å²) in [5.41, 5.74) is 15.0. The number of benzene rings is 7. The summed E-state index contributed by atoms with van der Waals surface area (Å²) in [7, 11) is 0. The lowest BCUT2D eigenvalue weighted by molar-refractivity contribution is 0.628. The summed E-state index contributed by atoms with van der Waals surface area (Å²) >= 11 is 0. The molecule has 0 unspecified atom stereocenters. The molecule has 0 aliphatic heterocycles. The van der Waals surface area contributed by atoms with Crippen molar-refractivity contribution in [3.05, 3.63) is 209 Å². The normalized spacial score (nSPS) is 14.5. The molecule has 1 nitrogen and oxygen atoms in total. The van der Waals surface area contributed by atoms with Crippen LogP contribution in [-0.2, 0) is 10.8 Å². The number of anilines is 3. The molecule has 0 N–H and O–H groups in total. The summed E-state index contributed by atoms with van der Waals surface area (Å²) in [5, 5.41) is 0. The van der Waals surface area contributed by atoms with Crippen LogP contribution in [0.15, 0.2) is 170 Å². The Kier molecular flexibility index (Phi) is 6.32. The van der Waals surface area contributed by atoms with Crippen molar-refractivity contribution in [3.8, 4) is 22.3 Å². The first-order valence-electron chi connectivity index (χ1n) is 16.6. The van der Waals surface area contributed by atoms with Gasteiger partial charge in [-0.3, -0.25) is 0 Å². The first kappa shape index (κ1) is 28.5. The van der Waals surface area contributed by atoms with E-state index in [0.29, 0.717) is 0 Å². The van der Waals surface area contributed by atoms with Gasteiger partial charge in [-0.2, -0.15) is 0 Å². The van der Waals surface area contributed by atoms with Crippen molar-refractivity contribution in [2.24, 2.45) is 0 Å². The van der Waals surface area contributed by atoms with Gasteiger partial charge in [0.2, 0.25) is 0 Å². The molecule has 7 aromatic carbocycles. The number of hydrogen-bond acceptors (Lipinski definition) is 1. The van der Waals surface area contributed by atoms with E-state index in [-0.39, 0.29) is 11.2 Å². The molecule has 0 bridgehead atoms. The molecule has 2 aliphatic rings. The molecule has 7 aromatic rings. The van der Waals surface area contributed by atoms with Crippen LogP contribution in [0.1, 0.15) is 47.2 Å². The Morgan fingerprint density at radius 1 is 0.396 bits per heavy atom. The van der Waals surface area contributed by atoms with Gasteiger partial charge in [0.1, 0.15) is 5.82 Å². The molecule has 230 valence electrons. The molecule has 48 heavy (non-hydrogen) atoms. The first-order valence-corrected chi connectivity index (χ1v) is 16.6. The topological polar surface area (TPSA) is 3.24 Å². The molecule has 0 amide bonds. The SMILES string of the molecule is CC1(C)c2ccccc2-c2ccc(N(c3ccc(F)cc3)c3ccc4c(c3)C(c3ccccc3)(c3ccccc3)c3ccccc3-4)cc21. The average Bonchev–Trinajstić information content (AvgIpc) is 3.56. The Hall–Kier alpha value is -5.73. The molecule has 0 spiro atoms. The van der Waals surface area contributed by atoms with E-state index in [0.717, 1.165) is 17.1 Å². The molecule has 9 rings (SSSR count). The Balaban J connectivity index is 1.30. The highest BCUT2D eigenvalue weighted by molar-refractivity contribution is 5.90. The van der Waals surface area contributed by atoms with Crippen LogP contribution in [0.4, 0.5) is 21.5 Å². The predicted octanol–water partition coefficient (Wildman–Crippen LogP) is 12.0. The van der Waals surface area contributed by atoms with Crippen molar-refractivity contribution in [3.63, 3.8) is 0 Å². The van der Waals surface area contributed by atoms with Gasteiger partial charge in [0.15, 0.2) is 0 Å². The monoisotopic (exact) mass is 619 g/mol. The minimum atomic E-state index is -0.513. The van der Waals surface area contributed by atoms with Crippen molar-refractivity contribution in [1.82, 2.24) is 0 Å². The van der Waals surface area contributed by atoms with Crippen LogP contribution in [-0.4, -0.2) is 0 Å². The number of rotatable bonds is 5. The van der Waals surface area contributed by atoms with Crippen LogP contribution in [0.3, 0.4) is 0 Å². The average molecular weight is 620 g/mol. The second-order valence-electron chi connectivity index (χ2n) is 13.5. The van der Waals surface area contributed by atoms with Gasteiger partial charge in [-0.05, 0) is 104 Å². The number of halogens is 1. The number of hydrogen-bond donors (Lipinski definition) is 0.